The second-order valence-corrected chi connectivity index (χ2v) is 9.33. The molecular weight excluding hydrogens is 416 g/mol. The molecule has 160 valence electrons. The van der Waals surface area contributed by atoms with Gasteiger partial charge < -0.3 is 10.2 Å². The Morgan fingerprint density at radius 1 is 1.13 bits per heavy atom. The van der Waals surface area contributed by atoms with Gasteiger partial charge in [0.1, 0.15) is 6.04 Å². The van der Waals surface area contributed by atoms with Gasteiger partial charge in [0.25, 0.3) is 0 Å². The van der Waals surface area contributed by atoms with Gasteiger partial charge in [-0.15, -0.1) is 11.8 Å². The number of hydrogen-bond acceptors (Lipinski definition) is 3. The number of thioether (sulfide) groups is 1. The highest BCUT2D eigenvalue weighted by molar-refractivity contribution is 7.99. The van der Waals surface area contributed by atoms with Crippen molar-refractivity contribution in [3.63, 3.8) is 0 Å². The van der Waals surface area contributed by atoms with Crippen LogP contribution < -0.4 is 5.32 Å². The normalized spacial score (nSPS) is 15.0. The summed E-state index contributed by atoms with van der Waals surface area (Å²) in [6.07, 6.45) is 4.73. The molecule has 1 saturated carbocycles. The van der Waals surface area contributed by atoms with E-state index in [1.165, 1.54) is 0 Å². The first kappa shape index (κ1) is 22.7. The van der Waals surface area contributed by atoms with E-state index in [0.717, 1.165) is 36.1 Å². The van der Waals surface area contributed by atoms with Crippen molar-refractivity contribution in [2.45, 2.75) is 62.6 Å². The van der Waals surface area contributed by atoms with Gasteiger partial charge in [0.05, 0.1) is 0 Å². The molecule has 1 fully saturated rings. The molecule has 0 aliphatic heterocycles. The van der Waals surface area contributed by atoms with Gasteiger partial charge >= 0.3 is 0 Å². The standard InChI is InChI=1S/C24H29ClN2O2S/c1-18(24(29)26-21-10-5-6-11-21)27(17-19-8-7-9-20(25)16-19)23(28)14-15-30-22-12-3-2-4-13-22/h2-4,7-9,12-13,16,18,21H,5-6,10-11,14-15,17H2,1H3,(H,26,29). The number of halogens is 1. The van der Waals surface area contributed by atoms with Crippen molar-refractivity contribution >= 4 is 35.2 Å². The van der Waals surface area contributed by atoms with Crippen LogP contribution in [0.15, 0.2) is 59.5 Å². The summed E-state index contributed by atoms with van der Waals surface area (Å²) < 4.78 is 0. The van der Waals surface area contributed by atoms with E-state index in [0.29, 0.717) is 23.7 Å². The Morgan fingerprint density at radius 2 is 1.87 bits per heavy atom. The Hall–Kier alpha value is -1.98. The first-order chi connectivity index (χ1) is 14.5. The van der Waals surface area contributed by atoms with Crippen molar-refractivity contribution in [3.05, 3.63) is 65.2 Å². The van der Waals surface area contributed by atoms with Crippen molar-refractivity contribution in [2.75, 3.05) is 5.75 Å². The molecule has 1 atom stereocenters. The van der Waals surface area contributed by atoms with E-state index in [9.17, 15) is 9.59 Å². The number of rotatable bonds is 9. The molecule has 0 bridgehead atoms. The highest BCUT2D eigenvalue weighted by Crippen LogP contribution is 2.21. The maximum atomic E-state index is 13.1. The van der Waals surface area contributed by atoms with Crippen LogP contribution in [0.3, 0.4) is 0 Å². The van der Waals surface area contributed by atoms with Crippen molar-refractivity contribution in [2.24, 2.45) is 0 Å². The van der Waals surface area contributed by atoms with Crippen LogP contribution in [0.5, 0.6) is 0 Å². The minimum Gasteiger partial charge on any atom is -0.352 e. The molecular formula is C24H29ClN2O2S. The first-order valence-electron chi connectivity index (χ1n) is 10.5. The molecule has 1 unspecified atom stereocenters. The lowest BCUT2D eigenvalue weighted by Gasteiger charge is -2.30. The number of carbonyl (C=O) groups excluding carboxylic acids is 2. The molecule has 1 aliphatic rings. The van der Waals surface area contributed by atoms with E-state index in [1.54, 1.807) is 16.7 Å². The van der Waals surface area contributed by atoms with E-state index in [2.05, 4.69) is 5.32 Å². The number of hydrogen-bond donors (Lipinski definition) is 1. The topological polar surface area (TPSA) is 49.4 Å². The third-order valence-electron chi connectivity index (χ3n) is 5.44. The summed E-state index contributed by atoms with van der Waals surface area (Å²) in [7, 11) is 0. The Labute approximate surface area is 188 Å². The average Bonchev–Trinajstić information content (AvgIpc) is 3.25. The monoisotopic (exact) mass is 444 g/mol. The molecule has 0 spiro atoms. The first-order valence-corrected chi connectivity index (χ1v) is 11.9. The van der Waals surface area contributed by atoms with E-state index in [4.69, 9.17) is 11.6 Å². The van der Waals surface area contributed by atoms with Gasteiger partial charge in [-0.3, -0.25) is 9.59 Å². The fourth-order valence-electron chi connectivity index (χ4n) is 3.72. The minimum atomic E-state index is -0.529. The van der Waals surface area contributed by atoms with Crippen molar-refractivity contribution in [3.8, 4) is 0 Å². The maximum absolute atomic E-state index is 13.1. The lowest BCUT2D eigenvalue weighted by atomic mass is 10.1. The predicted molar refractivity (Wildman–Crippen MR) is 124 cm³/mol. The number of benzene rings is 2. The number of carbonyl (C=O) groups is 2. The zero-order valence-corrected chi connectivity index (χ0v) is 18.9. The van der Waals surface area contributed by atoms with Crippen LogP contribution in [0.4, 0.5) is 0 Å². The largest absolute Gasteiger partial charge is 0.352 e. The van der Waals surface area contributed by atoms with Crippen molar-refractivity contribution in [1.82, 2.24) is 10.2 Å². The van der Waals surface area contributed by atoms with Gasteiger partial charge in [0.15, 0.2) is 0 Å². The number of nitrogens with zero attached hydrogens (tertiary/aromatic N) is 1. The number of amides is 2. The van der Waals surface area contributed by atoms with Crippen LogP contribution in [0.2, 0.25) is 5.02 Å². The molecule has 0 heterocycles. The quantitative estimate of drug-likeness (QED) is 0.534. The Bertz CT molecular complexity index is 840. The van der Waals surface area contributed by atoms with Gasteiger partial charge in [0, 0.05) is 34.7 Å². The van der Waals surface area contributed by atoms with Gasteiger partial charge in [-0.2, -0.15) is 0 Å². The van der Waals surface area contributed by atoms with E-state index in [-0.39, 0.29) is 17.9 Å². The Balaban J connectivity index is 1.65. The Morgan fingerprint density at radius 3 is 2.57 bits per heavy atom. The molecule has 30 heavy (non-hydrogen) atoms. The fourth-order valence-corrected chi connectivity index (χ4v) is 4.80. The highest BCUT2D eigenvalue weighted by Gasteiger charge is 2.28. The van der Waals surface area contributed by atoms with Crippen molar-refractivity contribution in [1.29, 1.82) is 0 Å². The third-order valence-corrected chi connectivity index (χ3v) is 6.69. The van der Waals surface area contributed by atoms with E-state index < -0.39 is 6.04 Å². The smallest absolute Gasteiger partial charge is 0.242 e. The van der Waals surface area contributed by atoms with E-state index >= 15 is 0 Å². The molecule has 6 heteroatoms. The van der Waals surface area contributed by atoms with Gasteiger partial charge in [-0.25, -0.2) is 0 Å². The molecule has 0 saturated heterocycles. The zero-order chi connectivity index (χ0) is 21.3. The summed E-state index contributed by atoms with van der Waals surface area (Å²) >= 11 is 7.78. The predicted octanol–water partition coefficient (Wildman–Crippen LogP) is 5.30. The highest BCUT2D eigenvalue weighted by atomic mass is 35.5. The second kappa shape index (κ2) is 11.4. The molecule has 0 aromatic heterocycles. The summed E-state index contributed by atoms with van der Waals surface area (Å²) in [4.78, 5) is 28.8. The molecule has 2 aromatic rings. The summed E-state index contributed by atoms with van der Waals surface area (Å²) in [5, 5.41) is 3.76. The summed E-state index contributed by atoms with van der Waals surface area (Å²) in [6.45, 7) is 2.19. The van der Waals surface area contributed by atoms with E-state index in [1.807, 2.05) is 61.5 Å². The fraction of sp³-hybridized carbons (Fsp3) is 0.417. The summed E-state index contributed by atoms with van der Waals surface area (Å²) in [5.74, 6) is 0.576. The van der Waals surface area contributed by atoms with Crippen molar-refractivity contribution < 1.29 is 9.59 Å². The maximum Gasteiger partial charge on any atom is 0.242 e. The molecule has 1 aliphatic carbocycles. The Kier molecular flexibility index (Phi) is 8.64. The van der Waals surface area contributed by atoms with Crippen LogP contribution in [0, 0.1) is 0 Å². The molecule has 3 rings (SSSR count). The third kappa shape index (κ3) is 6.78. The summed E-state index contributed by atoms with van der Waals surface area (Å²) in [6, 6.07) is 17.2. The molecule has 1 N–H and O–H groups in total. The van der Waals surface area contributed by atoms with Crippen LogP contribution in [0.1, 0.15) is 44.6 Å². The second-order valence-electron chi connectivity index (χ2n) is 7.73. The van der Waals surface area contributed by atoms with Gasteiger partial charge in [-0.1, -0.05) is 54.8 Å². The minimum absolute atomic E-state index is 0.0209. The molecule has 0 radical (unpaired) electrons. The van der Waals surface area contributed by atoms with Gasteiger partial charge in [0.2, 0.25) is 11.8 Å². The molecule has 2 amide bonds. The lowest BCUT2D eigenvalue weighted by Crippen LogP contribution is -2.49. The number of nitrogens with one attached hydrogen (secondary N) is 1. The molecule has 2 aromatic carbocycles. The molecule has 4 nitrogen and oxygen atoms in total. The van der Waals surface area contributed by atoms with Crippen LogP contribution in [0.25, 0.3) is 0 Å². The van der Waals surface area contributed by atoms with Crippen LogP contribution in [-0.4, -0.2) is 34.6 Å². The van der Waals surface area contributed by atoms with Crippen LogP contribution >= 0.6 is 23.4 Å². The zero-order valence-electron chi connectivity index (χ0n) is 17.4. The SMILES string of the molecule is CC(C(=O)NC1CCCC1)N(Cc1cccc(Cl)c1)C(=O)CCSc1ccccc1. The van der Waals surface area contributed by atoms with Gasteiger partial charge in [-0.05, 0) is 49.6 Å². The van der Waals surface area contributed by atoms with Crippen LogP contribution in [-0.2, 0) is 16.1 Å². The average molecular weight is 445 g/mol. The lowest BCUT2D eigenvalue weighted by molar-refractivity contribution is -0.140. The summed E-state index contributed by atoms with van der Waals surface area (Å²) in [5.41, 5.74) is 0.923.